The first kappa shape index (κ1) is 16.1. The van der Waals surface area contributed by atoms with Crippen molar-refractivity contribution in [1.82, 2.24) is 5.32 Å². The second kappa shape index (κ2) is 6.63. The van der Waals surface area contributed by atoms with E-state index in [9.17, 15) is 0 Å². The molecular weight excluding hydrogens is 262 g/mol. The molecule has 0 fully saturated rings. The molecule has 21 heavy (non-hydrogen) atoms. The van der Waals surface area contributed by atoms with E-state index in [0.29, 0.717) is 6.61 Å². The van der Waals surface area contributed by atoms with Gasteiger partial charge in [0.25, 0.3) is 0 Å². The molecule has 0 atom stereocenters. The van der Waals surface area contributed by atoms with Crippen LogP contribution in [0.1, 0.15) is 51.0 Å². The van der Waals surface area contributed by atoms with E-state index in [0.717, 1.165) is 30.9 Å². The minimum atomic E-state index is 0.0653. The van der Waals surface area contributed by atoms with Crippen molar-refractivity contribution in [2.75, 3.05) is 13.7 Å². The summed E-state index contributed by atoms with van der Waals surface area (Å²) in [4.78, 5) is 0. The molecule has 0 aliphatic heterocycles. The summed E-state index contributed by atoms with van der Waals surface area (Å²) in [5, 5.41) is 4.60. The maximum absolute atomic E-state index is 6.21. The maximum atomic E-state index is 6.21. The lowest BCUT2D eigenvalue weighted by molar-refractivity contribution is 0.183. The standard InChI is InChI=1S/C18H27NO2/c1-6-10-19-11-16-14(12-20-5)13-8-7-9-15(17(13)21-16)18(2,3)4/h7-9,19H,6,10-12H2,1-5H3. The summed E-state index contributed by atoms with van der Waals surface area (Å²) in [7, 11) is 1.73. The molecule has 1 aromatic heterocycles. The van der Waals surface area contributed by atoms with Crippen LogP contribution in [0.5, 0.6) is 0 Å². The van der Waals surface area contributed by atoms with Crippen LogP contribution < -0.4 is 5.32 Å². The molecule has 3 heteroatoms. The Bertz CT molecular complexity index is 593. The average molecular weight is 289 g/mol. The van der Waals surface area contributed by atoms with Gasteiger partial charge in [-0.3, -0.25) is 0 Å². The number of benzene rings is 1. The monoisotopic (exact) mass is 289 g/mol. The highest BCUT2D eigenvalue weighted by molar-refractivity contribution is 5.85. The zero-order valence-corrected chi connectivity index (χ0v) is 13.9. The predicted molar refractivity (Wildman–Crippen MR) is 87.6 cm³/mol. The van der Waals surface area contributed by atoms with E-state index in [-0.39, 0.29) is 5.41 Å². The summed E-state index contributed by atoms with van der Waals surface area (Å²) >= 11 is 0. The molecule has 0 saturated heterocycles. The van der Waals surface area contributed by atoms with Crippen molar-refractivity contribution in [3.05, 3.63) is 35.1 Å². The molecule has 0 spiro atoms. The summed E-state index contributed by atoms with van der Waals surface area (Å²) in [6, 6.07) is 6.40. The van der Waals surface area contributed by atoms with Crippen LogP contribution in [0.2, 0.25) is 0 Å². The van der Waals surface area contributed by atoms with Crippen LogP contribution in [0.25, 0.3) is 11.0 Å². The van der Waals surface area contributed by atoms with Crippen LogP contribution >= 0.6 is 0 Å². The minimum Gasteiger partial charge on any atom is -0.459 e. The van der Waals surface area contributed by atoms with Crippen LogP contribution in [0.15, 0.2) is 22.6 Å². The Morgan fingerprint density at radius 1 is 1.24 bits per heavy atom. The zero-order valence-electron chi connectivity index (χ0n) is 13.9. The molecule has 0 saturated carbocycles. The highest BCUT2D eigenvalue weighted by Crippen LogP contribution is 2.35. The molecular formula is C18H27NO2. The fourth-order valence-corrected chi connectivity index (χ4v) is 2.63. The molecule has 3 nitrogen and oxygen atoms in total. The molecule has 0 aliphatic carbocycles. The summed E-state index contributed by atoms with van der Waals surface area (Å²) < 4.78 is 11.6. The van der Waals surface area contributed by atoms with Gasteiger partial charge in [0.15, 0.2) is 0 Å². The van der Waals surface area contributed by atoms with E-state index in [1.165, 1.54) is 16.5 Å². The number of hydrogen-bond acceptors (Lipinski definition) is 3. The van der Waals surface area contributed by atoms with Crippen molar-refractivity contribution < 1.29 is 9.15 Å². The van der Waals surface area contributed by atoms with Gasteiger partial charge in [-0.1, -0.05) is 45.9 Å². The van der Waals surface area contributed by atoms with Gasteiger partial charge in [0.2, 0.25) is 0 Å². The molecule has 1 N–H and O–H groups in total. The SMILES string of the molecule is CCCNCc1oc2c(C(C)(C)C)cccc2c1COC. The van der Waals surface area contributed by atoms with Gasteiger partial charge in [-0.15, -0.1) is 0 Å². The number of para-hydroxylation sites is 1. The lowest BCUT2D eigenvalue weighted by Gasteiger charge is -2.18. The first-order valence-corrected chi connectivity index (χ1v) is 7.72. The normalized spacial score (nSPS) is 12.2. The second-order valence-electron chi connectivity index (χ2n) is 6.55. The van der Waals surface area contributed by atoms with Crippen LogP contribution in [-0.4, -0.2) is 13.7 Å². The molecule has 116 valence electrons. The van der Waals surface area contributed by atoms with Gasteiger partial charge in [0, 0.05) is 23.6 Å². The Balaban J connectivity index is 2.50. The van der Waals surface area contributed by atoms with Crippen LogP contribution in [0.4, 0.5) is 0 Å². The fourth-order valence-electron chi connectivity index (χ4n) is 2.63. The third kappa shape index (κ3) is 3.47. The Morgan fingerprint density at radius 2 is 2.00 bits per heavy atom. The minimum absolute atomic E-state index is 0.0653. The average Bonchev–Trinajstić information content (AvgIpc) is 2.77. The quantitative estimate of drug-likeness (QED) is 0.802. The zero-order chi connectivity index (χ0) is 15.5. The van der Waals surface area contributed by atoms with Crippen LogP contribution in [0, 0.1) is 0 Å². The van der Waals surface area contributed by atoms with Crippen LogP contribution in [-0.2, 0) is 23.3 Å². The van der Waals surface area contributed by atoms with E-state index in [4.69, 9.17) is 9.15 Å². The van der Waals surface area contributed by atoms with E-state index in [2.05, 4.69) is 51.2 Å². The number of furan rings is 1. The van der Waals surface area contributed by atoms with Crippen molar-refractivity contribution in [3.8, 4) is 0 Å². The van der Waals surface area contributed by atoms with Crippen molar-refractivity contribution in [2.24, 2.45) is 0 Å². The highest BCUT2D eigenvalue weighted by Gasteiger charge is 2.22. The highest BCUT2D eigenvalue weighted by atomic mass is 16.5. The topological polar surface area (TPSA) is 34.4 Å². The van der Waals surface area contributed by atoms with Gasteiger partial charge < -0.3 is 14.5 Å². The van der Waals surface area contributed by atoms with Crippen LogP contribution in [0.3, 0.4) is 0 Å². The van der Waals surface area contributed by atoms with Gasteiger partial charge in [-0.25, -0.2) is 0 Å². The van der Waals surface area contributed by atoms with Crippen molar-refractivity contribution in [1.29, 1.82) is 0 Å². The van der Waals surface area contributed by atoms with Crippen molar-refractivity contribution >= 4 is 11.0 Å². The molecule has 2 aromatic rings. The summed E-state index contributed by atoms with van der Waals surface area (Å²) in [5.41, 5.74) is 3.49. The van der Waals surface area contributed by atoms with Gasteiger partial charge in [0.05, 0.1) is 13.2 Å². The fraction of sp³-hybridized carbons (Fsp3) is 0.556. The Hall–Kier alpha value is -1.32. The van der Waals surface area contributed by atoms with E-state index < -0.39 is 0 Å². The van der Waals surface area contributed by atoms with Gasteiger partial charge in [0.1, 0.15) is 11.3 Å². The lowest BCUT2D eigenvalue weighted by Crippen LogP contribution is -2.14. The molecule has 1 heterocycles. The third-order valence-electron chi connectivity index (χ3n) is 3.71. The Labute approximate surface area is 127 Å². The third-order valence-corrected chi connectivity index (χ3v) is 3.71. The van der Waals surface area contributed by atoms with Gasteiger partial charge >= 0.3 is 0 Å². The summed E-state index contributed by atoms with van der Waals surface area (Å²) in [5.74, 6) is 0.997. The lowest BCUT2D eigenvalue weighted by atomic mass is 9.86. The predicted octanol–water partition coefficient (Wildman–Crippen LogP) is 4.38. The molecule has 0 unspecified atom stereocenters. The molecule has 0 amide bonds. The molecule has 2 rings (SSSR count). The number of rotatable bonds is 6. The first-order chi connectivity index (χ1) is 9.99. The summed E-state index contributed by atoms with van der Waals surface area (Å²) in [6.45, 7) is 11.2. The number of ether oxygens (including phenoxy) is 1. The largest absolute Gasteiger partial charge is 0.459 e. The molecule has 0 radical (unpaired) electrons. The number of methoxy groups -OCH3 is 1. The number of hydrogen-bond donors (Lipinski definition) is 1. The van der Waals surface area contributed by atoms with E-state index in [1.54, 1.807) is 7.11 Å². The van der Waals surface area contributed by atoms with Gasteiger partial charge in [-0.2, -0.15) is 0 Å². The molecule has 1 aromatic carbocycles. The first-order valence-electron chi connectivity index (χ1n) is 7.72. The number of nitrogens with one attached hydrogen (secondary N) is 1. The Morgan fingerprint density at radius 3 is 2.62 bits per heavy atom. The number of fused-ring (bicyclic) bond motifs is 1. The second-order valence-corrected chi connectivity index (χ2v) is 6.55. The summed E-state index contributed by atoms with van der Waals surface area (Å²) in [6.07, 6.45) is 1.12. The van der Waals surface area contributed by atoms with Crippen molar-refractivity contribution in [2.45, 2.75) is 52.7 Å². The van der Waals surface area contributed by atoms with Gasteiger partial charge in [-0.05, 0) is 18.4 Å². The molecule has 0 bridgehead atoms. The van der Waals surface area contributed by atoms with Crippen molar-refractivity contribution in [3.63, 3.8) is 0 Å². The van der Waals surface area contributed by atoms with E-state index in [1.807, 2.05) is 0 Å². The van der Waals surface area contributed by atoms with E-state index >= 15 is 0 Å². The Kier molecular flexibility index (Phi) is 5.07. The molecule has 0 aliphatic rings. The maximum Gasteiger partial charge on any atom is 0.138 e. The smallest absolute Gasteiger partial charge is 0.138 e.